The lowest BCUT2D eigenvalue weighted by molar-refractivity contribution is 0.609. The summed E-state index contributed by atoms with van der Waals surface area (Å²) >= 11 is 0. The van der Waals surface area contributed by atoms with Crippen LogP contribution < -0.4 is 0 Å². The molecule has 0 fully saturated rings. The van der Waals surface area contributed by atoms with Crippen molar-refractivity contribution in [3.63, 3.8) is 0 Å². The first-order chi connectivity index (χ1) is 6.96. The predicted molar refractivity (Wildman–Crippen MR) is 61.5 cm³/mol. The molecule has 5 heteroatoms. The zero-order chi connectivity index (χ0) is 11.1. The van der Waals surface area contributed by atoms with Crippen molar-refractivity contribution in [1.82, 2.24) is 4.98 Å². The van der Waals surface area contributed by atoms with Crippen LogP contribution in [0.25, 0.3) is 10.9 Å². The van der Waals surface area contributed by atoms with Gasteiger partial charge in [0.15, 0.2) is 0 Å². The third-order valence-corrected chi connectivity index (χ3v) is 3.26. The van der Waals surface area contributed by atoms with Gasteiger partial charge in [-0.25, -0.2) is 8.42 Å². The Hall–Kier alpha value is -1.00. The summed E-state index contributed by atoms with van der Waals surface area (Å²) in [7, 11) is 1.73. The Labute approximate surface area is 92.5 Å². The second kappa shape index (κ2) is 3.54. The van der Waals surface area contributed by atoms with E-state index < -0.39 is 9.05 Å². The molecule has 1 N–H and O–H groups in total. The van der Waals surface area contributed by atoms with Gasteiger partial charge >= 0.3 is 0 Å². The summed E-state index contributed by atoms with van der Waals surface area (Å²) in [5.41, 5.74) is 2.77. The van der Waals surface area contributed by atoms with Crippen molar-refractivity contribution >= 4 is 30.6 Å². The van der Waals surface area contributed by atoms with E-state index in [2.05, 4.69) is 4.98 Å². The zero-order valence-corrected chi connectivity index (χ0v) is 9.69. The molecule has 0 atom stereocenters. The lowest BCUT2D eigenvalue weighted by atomic mass is 10.1. The molecule has 0 amide bonds. The van der Waals surface area contributed by atoms with Gasteiger partial charge in [0.1, 0.15) is 0 Å². The van der Waals surface area contributed by atoms with Gasteiger partial charge in [-0.3, -0.25) is 0 Å². The summed E-state index contributed by atoms with van der Waals surface area (Å²) in [5, 5.41) is 1.00. The number of H-pyrrole nitrogens is 1. The van der Waals surface area contributed by atoms with E-state index in [1.54, 1.807) is 0 Å². The average Bonchev–Trinajstić information content (AvgIpc) is 2.48. The van der Waals surface area contributed by atoms with Gasteiger partial charge in [0.25, 0.3) is 0 Å². The zero-order valence-electron chi connectivity index (χ0n) is 8.12. The number of fused-ring (bicyclic) bond motifs is 1. The van der Waals surface area contributed by atoms with E-state index in [0.717, 1.165) is 22.0 Å². The maximum absolute atomic E-state index is 10.9. The SMILES string of the molecule is Cc1cc(CS(=O)(=O)Cl)cc2cc[nH]c12. The standard InChI is InChI=1S/C10H10ClNO2S/c1-7-4-8(6-15(11,13)14)5-9-2-3-12-10(7)9/h2-5,12H,6H2,1H3. The fourth-order valence-corrected chi connectivity index (χ4v) is 2.66. The molecule has 0 unspecified atom stereocenters. The van der Waals surface area contributed by atoms with Crippen molar-refractivity contribution in [2.75, 3.05) is 0 Å². The second-order valence-electron chi connectivity index (χ2n) is 3.54. The lowest BCUT2D eigenvalue weighted by Crippen LogP contribution is -1.95. The topological polar surface area (TPSA) is 49.9 Å². The van der Waals surface area contributed by atoms with Crippen molar-refractivity contribution in [3.8, 4) is 0 Å². The number of halogens is 1. The van der Waals surface area contributed by atoms with Crippen molar-refractivity contribution in [2.45, 2.75) is 12.7 Å². The third kappa shape index (κ3) is 2.33. The van der Waals surface area contributed by atoms with Crippen LogP contribution in [0, 0.1) is 6.92 Å². The first kappa shape index (κ1) is 10.5. The molecule has 0 aliphatic rings. The number of hydrogen-bond acceptors (Lipinski definition) is 2. The van der Waals surface area contributed by atoms with E-state index in [0.29, 0.717) is 0 Å². The summed E-state index contributed by atoms with van der Waals surface area (Å²) in [5.74, 6) is -0.128. The molecule has 0 spiro atoms. The molecule has 0 saturated carbocycles. The summed E-state index contributed by atoms with van der Waals surface area (Å²) in [6.07, 6.45) is 1.83. The van der Waals surface area contributed by atoms with Gasteiger partial charge in [-0.05, 0) is 35.6 Å². The van der Waals surface area contributed by atoms with E-state index >= 15 is 0 Å². The molecule has 0 bridgehead atoms. The first-order valence-corrected chi connectivity index (χ1v) is 6.92. The quantitative estimate of drug-likeness (QED) is 0.824. The molecule has 80 valence electrons. The van der Waals surface area contributed by atoms with Gasteiger partial charge in [-0.2, -0.15) is 0 Å². The molecule has 1 aromatic carbocycles. The summed E-state index contributed by atoms with van der Waals surface area (Å²) in [6.45, 7) is 1.93. The minimum Gasteiger partial charge on any atom is -0.361 e. The first-order valence-electron chi connectivity index (χ1n) is 4.45. The highest BCUT2D eigenvalue weighted by Crippen LogP contribution is 2.21. The maximum Gasteiger partial charge on any atom is 0.236 e. The molecule has 0 aliphatic carbocycles. The van der Waals surface area contributed by atoms with Crippen molar-refractivity contribution in [3.05, 3.63) is 35.5 Å². The Kier molecular flexibility index (Phi) is 2.48. The molecule has 2 aromatic rings. The molecular weight excluding hydrogens is 234 g/mol. The molecule has 0 radical (unpaired) electrons. The number of aromatic nitrogens is 1. The van der Waals surface area contributed by atoms with Gasteiger partial charge in [-0.1, -0.05) is 6.07 Å². The Balaban J connectivity index is 2.54. The predicted octanol–water partition coefficient (Wildman–Crippen LogP) is 2.54. The van der Waals surface area contributed by atoms with Crippen LogP contribution in [0.4, 0.5) is 0 Å². The van der Waals surface area contributed by atoms with Crippen molar-refractivity contribution < 1.29 is 8.42 Å². The van der Waals surface area contributed by atoms with Crippen LogP contribution in [0.5, 0.6) is 0 Å². The Morgan fingerprint density at radius 3 is 2.80 bits per heavy atom. The van der Waals surface area contributed by atoms with E-state index in [4.69, 9.17) is 10.7 Å². The highest BCUT2D eigenvalue weighted by Gasteiger charge is 2.09. The Morgan fingerprint density at radius 2 is 2.13 bits per heavy atom. The third-order valence-electron chi connectivity index (χ3n) is 2.26. The van der Waals surface area contributed by atoms with Gasteiger partial charge in [0.2, 0.25) is 9.05 Å². The largest absolute Gasteiger partial charge is 0.361 e. The van der Waals surface area contributed by atoms with Gasteiger partial charge in [0, 0.05) is 22.4 Å². The normalized spacial score (nSPS) is 12.1. The number of hydrogen-bond donors (Lipinski definition) is 1. The van der Waals surface area contributed by atoms with Crippen LogP contribution in [0.2, 0.25) is 0 Å². The number of nitrogens with one attached hydrogen (secondary N) is 1. The summed E-state index contributed by atoms with van der Waals surface area (Å²) < 4.78 is 21.9. The maximum atomic E-state index is 10.9. The van der Waals surface area contributed by atoms with Crippen LogP contribution in [-0.2, 0) is 14.8 Å². The van der Waals surface area contributed by atoms with Crippen molar-refractivity contribution in [2.24, 2.45) is 0 Å². The molecule has 0 saturated heterocycles. The van der Waals surface area contributed by atoms with Crippen LogP contribution in [-0.4, -0.2) is 13.4 Å². The minimum absolute atomic E-state index is 0.128. The Bertz CT molecular complexity index is 601. The van der Waals surface area contributed by atoms with Crippen LogP contribution in [0.3, 0.4) is 0 Å². The van der Waals surface area contributed by atoms with Gasteiger partial charge in [-0.15, -0.1) is 0 Å². The van der Waals surface area contributed by atoms with E-state index in [1.807, 2.05) is 31.3 Å². The number of aromatic amines is 1. The van der Waals surface area contributed by atoms with Crippen LogP contribution in [0.1, 0.15) is 11.1 Å². The molecule has 0 aliphatic heterocycles. The number of benzene rings is 1. The molecule has 2 rings (SSSR count). The van der Waals surface area contributed by atoms with Crippen LogP contribution in [0.15, 0.2) is 24.4 Å². The molecule has 15 heavy (non-hydrogen) atoms. The molecule has 1 aromatic heterocycles. The number of aryl methyl sites for hydroxylation is 1. The van der Waals surface area contributed by atoms with Gasteiger partial charge < -0.3 is 4.98 Å². The summed E-state index contributed by atoms with van der Waals surface area (Å²) in [4.78, 5) is 3.10. The smallest absolute Gasteiger partial charge is 0.236 e. The minimum atomic E-state index is -3.48. The van der Waals surface area contributed by atoms with Gasteiger partial charge in [0.05, 0.1) is 5.75 Å². The van der Waals surface area contributed by atoms with Crippen LogP contribution >= 0.6 is 10.7 Å². The highest BCUT2D eigenvalue weighted by atomic mass is 35.7. The average molecular weight is 244 g/mol. The fraction of sp³-hybridized carbons (Fsp3) is 0.200. The van der Waals surface area contributed by atoms with E-state index in [-0.39, 0.29) is 5.75 Å². The van der Waals surface area contributed by atoms with Crippen molar-refractivity contribution in [1.29, 1.82) is 0 Å². The monoisotopic (exact) mass is 243 g/mol. The second-order valence-corrected chi connectivity index (χ2v) is 6.31. The molecular formula is C10H10ClNO2S. The van der Waals surface area contributed by atoms with E-state index in [1.165, 1.54) is 0 Å². The highest BCUT2D eigenvalue weighted by molar-refractivity contribution is 8.13. The van der Waals surface area contributed by atoms with E-state index in [9.17, 15) is 8.42 Å². The summed E-state index contributed by atoms with van der Waals surface area (Å²) in [6, 6.07) is 5.57. The lowest BCUT2D eigenvalue weighted by Gasteiger charge is -2.02. The fourth-order valence-electron chi connectivity index (χ4n) is 1.72. The Morgan fingerprint density at radius 1 is 1.40 bits per heavy atom. The molecule has 1 heterocycles. The number of rotatable bonds is 2. The molecule has 3 nitrogen and oxygen atoms in total.